The Kier molecular flexibility index (Phi) is 3.09. The third kappa shape index (κ3) is 2.39. The summed E-state index contributed by atoms with van der Waals surface area (Å²) in [5.41, 5.74) is 1.56. The molecule has 1 aromatic carbocycles. The molecule has 0 spiro atoms. The second-order valence-electron chi connectivity index (χ2n) is 4.35. The van der Waals surface area contributed by atoms with Gasteiger partial charge in [0.25, 0.3) is 0 Å². The van der Waals surface area contributed by atoms with E-state index in [1.54, 1.807) is 30.5 Å². The van der Waals surface area contributed by atoms with Crippen LogP contribution in [0.5, 0.6) is 0 Å². The van der Waals surface area contributed by atoms with Gasteiger partial charge in [-0.15, -0.1) is 11.3 Å². The number of hydrogen-bond donors (Lipinski definition) is 0. The average Bonchev–Trinajstić information content (AvgIpc) is 2.82. The fourth-order valence-corrected chi connectivity index (χ4v) is 3.01. The van der Waals surface area contributed by atoms with Crippen LogP contribution in [0.15, 0.2) is 41.9 Å². The second kappa shape index (κ2) is 4.90. The van der Waals surface area contributed by atoms with Gasteiger partial charge in [-0.3, -0.25) is 4.79 Å². The maximum Gasteiger partial charge on any atom is 0.185 e. The van der Waals surface area contributed by atoms with Gasteiger partial charge >= 0.3 is 0 Å². The SMILES string of the molecule is Cc1nccc(C(=O)Cc2csc3ccccc23)n1. The molecule has 94 valence electrons. The number of aromatic nitrogens is 2. The fourth-order valence-electron chi connectivity index (χ4n) is 2.04. The molecule has 0 radical (unpaired) electrons. The zero-order valence-corrected chi connectivity index (χ0v) is 11.3. The van der Waals surface area contributed by atoms with E-state index in [0.29, 0.717) is 17.9 Å². The molecule has 0 unspecified atom stereocenters. The van der Waals surface area contributed by atoms with Gasteiger partial charge in [0.15, 0.2) is 5.78 Å². The number of fused-ring (bicyclic) bond motifs is 1. The van der Waals surface area contributed by atoms with Crippen LogP contribution in [0.2, 0.25) is 0 Å². The molecule has 0 amide bonds. The summed E-state index contributed by atoms with van der Waals surface area (Å²) in [6.07, 6.45) is 2.02. The molecule has 0 aliphatic carbocycles. The number of thiophene rings is 1. The largest absolute Gasteiger partial charge is 0.292 e. The van der Waals surface area contributed by atoms with Crippen molar-refractivity contribution in [1.29, 1.82) is 0 Å². The minimum atomic E-state index is 0.0362. The number of ketones is 1. The maximum absolute atomic E-state index is 12.2. The molecular weight excluding hydrogens is 256 g/mol. The van der Waals surface area contributed by atoms with Crippen LogP contribution in [0.4, 0.5) is 0 Å². The Bertz CT molecular complexity index is 748. The third-order valence-electron chi connectivity index (χ3n) is 2.97. The maximum atomic E-state index is 12.2. The summed E-state index contributed by atoms with van der Waals surface area (Å²) in [5, 5.41) is 3.21. The highest BCUT2D eigenvalue weighted by molar-refractivity contribution is 7.17. The van der Waals surface area contributed by atoms with E-state index in [4.69, 9.17) is 0 Å². The van der Waals surface area contributed by atoms with Crippen LogP contribution >= 0.6 is 11.3 Å². The van der Waals surface area contributed by atoms with E-state index < -0.39 is 0 Å². The summed E-state index contributed by atoms with van der Waals surface area (Å²) in [6, 6.07) is 9.81. The number of carbonyl (C=O) groups excluding carboxylic acids is 1. The lowest BCUT2D eigenvalue weighted by Gasteiger charge is -2.00. The minimum Gasteiger partial charge on any atom is -0.292 e. The van der Waals surface area contributed by atoms with Gasteiger partial charge in [0.2, 0.25) is 0 Å². The molecule has 2 aromatic heterocycles. The number of Topliss-reactive ketones (excluding diaryl/α,β-unsaturated/α-hetero) is 1. The first kappa shape index (κ1) is 12.0. The van der Waals surface area contributed by atoms with Gasteiger partial charge in [0, 0.05) is 17.3 Å². The number of benzene rings is 1. The van der Waals surface area contributed by atoms with Gasteiger partial charge < -0.3 is 0 Å². The van der Waals surface area contributed by atoms with E-state index in [2.05, 4.69) is 27.5 Å². The first-order valence-corrected chi connectivity index (χ1v) is 6.90. The summed E-state index contributed by atoms with van der Waals surface area (Å²) in [4.78, 5) is 20.4. The van der Waals surface area contributed by atoms with E-state index in [1.807, 2.05) is 12.1 Å². The Morgan fingerprint density at radius 3 is 2.95 bits per heavy atom. The summed E-state index contributed by atoms with van der Waals surface area (Å²) in [7, 11) is 0. The molecule has 0 atom stereocenters. The average molecular weight is 268 g/mol. The van der Waals surface area contributed by atoms with Crippen LogP contribution in [0.1, 0.15) is 21.9 Å². The quantitative estimate of drug-likeness (QED) is 0.683. The van der Waals surface area contributed by atoms with Gasteiger partial charge in [-0.1, -0.05) is 18.2 Å². The lowest BCUT2D eigenvalue weighted by atomic mass is 10.1. The van der Waals surface area contributed by atoms with E-state index in [9.17, 15) is 4.79 Å². The van der Waals surface area contributed by atoms with Gasteiger partial charge in [-0.2, -0.15) is 0 Å². The van der Waals surface area contributed by atoms with Crippen LogP contribution < -0.4 is 0 Å². The van der Waals surface area contributed by atoms with Crippen molar-refractivity contribution in [3.8, 4) is 0 Å². The van der Waals surface area contributed by atoms with E-state index in [1.165, 1.54) is 4.70 Å². The summed E-state index contributed by atoms with van der Waals surface area (Å²) < 4.78 is 1.21. The first-order chi connectivity index (χ1) is 9.24. The molecule has 0 aliphatic rings. The lowest BCUT2D eigenvalue weighted by molar-refractivity contribution is 0.0988. The van der Waals surface area contributed by atoms with Gasteiger partial charge in [-0.05, 0) is 35.4 Å². The number of rotatable bonds is 3. The molecule has 4 heteroatoms. The molecule has 3 nitrogen and oxygen atoms in total. The van der Waals surface area contributed by atoms with Crippen LogP contribution in [0.3, 0.4) is 0 Å². The predicted octanol–water partition coefficient (Wildman–Crippen LogP) is 3.43. The molecule has 3 rings (SSSR count). The van der Waals surface area contributed by atoms with Crippen LogP contribution in [-0.4, -0.2) is 15.8 Å². The van der Waals surface area contributed by atoms with Crippen molar-refractivity contribution in [2.75, 3.05) is 0 Å². The van der Waals surface area contributed by atoms with Crippen molar-refractivity contribution in [3.63, 3.8) is 0 Å². The van der Waals surface area contributed by atoms with Crippen molar-refractivity contribution < 1.29 is 4.79 Å². The molecule has 0 saturated heterocycles. The Morgan fingerprint density at radius 2 is 2.11 bits per heavy atom. The normalized spacial score (nSPS) is 10.8. The molecule has 3 aromatic rings. The molecule has 19 heavy (non-hydrogen) atoms. The summed E-state index contributed by atoms with van der Waals surface area (Å²) >= 11 is 1.67. The Labute approximate surface area is 115 Å². The molecule has 0 bridgehead atoms. The second-order valence-corrected chi connectivity index (χ2v) is 5.26. The van der Waals surface area contributed by atoms with Crippen molar-refractivity contribution in [2.24, 2.45) is 0 Å². The molecule has 0 saturated carbocycles. The van der Waals surface area contributed by atoms with Gasteiger partial charge in [0.05, 0.1) is 0 Å². The third-order valence-corrected chi connectivity index (χ3v) is 3.99. The topological polar surface area (TPSA) is 42.9 Å². The standard InChI is InChI=1S/C15H12N2OS/c1-10-16-7-6-13(17-10)14(18)8-11-9-19-15-5-3-2-4-12(11)15/h2-7,9H,8H2,1H3. The number of nitrogens with zero attached hydrogens (tertiary/aromatic N) is 2. The predicted molar refractivity (Wildman–Crippen MR) is 76.6 cm³/mol. The van der Waals surface area contributed by atoms with Crippen LogP contribution in [0, 0.1) is 6.92 Å². The van der Waals surface area contributed by atoms with E-state index in [0.717, 1.165) is 10.9 Å². The highest BCUT2D eigenvalue weighted by Gasteiger charge is 2.12. The lowest BCUT2D eigenvalue weighted by Crippen LogP contribution is -2.07. The monoisotopic (exact) mass is 268 g/mol. The van der Waals surface area contributed by atoms with E-state index >= 15 is 0 Å². The zero-order valence-electron chi connectivity index (χ0n) is 10.5. The van der Waals surface area contributed by atoms with Crippen LogP contribution in [0.25, 0.3) is 10.1 Å². The highest BCUT2D eigenvalue weighted by Crippen LogP contribution is 2.26. The Morgan fingerprint density at radius 1 is 1.26 bits per heavy atom. The highest BCUT2D eigenvalue weighted by atomic mass is 32.1. The van der Waals surface area contributed by atoms with E-state index in [-0.39, 0.29) is 5.78 Å². The summed E-state index contributed by atoms with van der Waals surface area (Å²) in [5.74, 6) is 0.662. The van der Waals surface area contributed by atoms with Crippen molar-refractivity contribution >= 4 is 27.2 Å². The molecule has 0 fully saturated rings. The van der Waals surface area contributed by atoms with Crippen molar-refractivity contribution in [3.05, 3.63) is 59.0 Å². The van der Waals surface area contributed by atoms with Gasteiger partial charge in [0.1, 0.15) is 11.5 Å². The number of carbonyl (C=O) groups is 1. The Balaban J connectivity index is 1.91. The number of aryl methyl sites for hydroxylation is 1. The number of hydrogen-bond acceptors (Lipinski definition) is 4. The molecule has 0 aliphatic heterocycles. The van der Waals surface area contributed by atoms with Crippen LogP contribution in [-0.2, 0) is 6.42 Å². The Hall–Kier alpha value is -2.07. The van der Waals surface area contributed by atoms with Crippen molar-refractivity contribution in [1.82, 2.24) is 9.97 Å². The van der Waals surface area contributed by atoms with Gasteiger partial charge in [-0.25, -0.2) is 9.97 Å². The first-order valence-electron chi connectivity index (χ1n) is 6.02. The van der Waals surface area contributed by atoms with Crippen molar-refractivity contribution in [2.45, 2.75) is 13.3 Å². The fraction of sp³-hybridized carbons (Fsp3) is 0.133. The minimum absolute atomic E-state index is 0.0362. The molecule has 2 heterocycles. The summed E-state index contributed by atoms with van der Waals surface area (Å²) in [6.45, 7) is 1.79. The smallest absolute Gasteiger partial charge is 0.185 e. The molecular formula is C15H12N2OS. The zero-order chi connectivity index (χ0) is 13.2. The molecule has 0 N–H and O–H groups in total.